The first kappa shape index (κ1) is 24.6. The van der Waals surface area contributed by atoms with Crippen molar-refractivity contribution < 1.29 is 18.3 Å². The summed E-state index contributed by atoms with van der Waals surface area (Å²) in [6.07, 6.45) is -0.0602. The van der Waals surface area contributed by atoms with Crippen molar-refractivity contribution in [1.82, 2.24) is 24.6 Å². The Morgan fingerprint density at radius 3 is 2.45 bits per heavy atom. The molecule has 4 heterocycles. The Balaban J connectivity index is 1.16. The summed E-state index contributed by atoms with van der Waals surface area (Å²) in [5.74, 6) is 0.361. The molecule has 1 aliphatic heterocycles. The summed E-state index contributed by atoms with van der Waals surface area (Å²) in [6.45, 7) is 4.91. The van der Waals surface area contributed by atoms with Gasteiger partial charge in [-0.2, -0.15) is 9.49 Å². The van der Waals surface area contributed by atoms with E-state index in [0.29, 0.717) is 36.1 Å². The summed E-state index contributed by atoms with van der Waals surface area (Å²) in [7, 11) is 1.67. The number of nitrogens with zero attached hydrogens (tertiary/aromatic N) is 5. The van der Waals surface area contributed by atoms with Crippen molar-refractivity contribution in [1.29, 1.82) is 0 Å². The Morgan fingerprint density at radius 1 is 1.11 bits per heavy atom. The topological polar surface area (TPSA) is 99.2 Å². The van der Waals surface area contributed by atoms with Crippen LogP contribution in [0, 0.1) is 22.8 Å². The maximum Gasteiger partial charge on any atom is 0.272 e. The van der Waals surface area contributed by atoms with Crippen LogP contribution in [0.25, 0.3) is 22.6 Å². The van der Waals surface area contributed by atoms with Crippen LogP contribution in [-0.4, -0.2) is 49.7 Å². The van der Waals surface area contributed by atoms with E-state index in [0.717, 1.165) is 22.5 Å². The molecule has 1 aliphatic carbocycles. The number of nitrogens with two attached hydrogens (primary N) is 1. The van der Waals surface area contributed by atoms with Crippen molar-refractivity contribution in [3.63, 3.8) is 0 Å². The summed E-state index contributed by atoms with van der Waals surface area (Å²) < 4.78 is 35.2. The molecule has 8 nitrogen and oxygen atoms in total. The highest BCUT2D eigenvalue weighted by molar-refractivity contribution is 7.08. The number of amides is 1. The second-order valence-electron chi connectivity index (χ2n) is 10.4. The molecule has 0 spiro atoms. The largest absolute Gasteiger partial charge is 0.474 e. The highest BCUT2D eigenvalue weighted by Crippen LogP contribution is 2.48. The highest BCUT2D eigenvalue weighted by atomic mass is 32.1. The SMILES string of the molecule is Cn1nc(-c2ncsc2F)cc1C(=O)N1CC2C(C1)C2Oc1cc(C(C)(C)N)cc(-c2ccc(F)cc2)n1. The molecule has 1 aromatic carbocycles. The zero-order chi connectivity index (χ0) is 26.8. The van der Waals surface area contributed by atoms with Crippen molar-refractivity contribution >= 4 is 17.2 Å². The van der Waals surface area contributed by atoms with Crippen molar-refractivity contribution in [2.45, 2.75) is 25.5 Å². The molecule has 2 fully saturated rings. The molecule has 196 valence electrons. The summed E-state index contributed by atoms with van der Waals surface area (Å²) >= 11 is 0.894. The zero-order valence-electron chi connectivity index (χ0n) is 21.1. The molecule has 4 aromatic rings. The van der Waals surface area contributed by atoms with E-state index in [1.165, 1.54) is 22.3 Å². The van der Waals surface area contributed by atoms with Gasteiger partial charge in [0, 0.05) is 49.1 Å². The predicted octanol–water partition coefficient (Wildman–Crippen LogP) is 4.23. The number of fused-ring (bicyclic) bond motifs is 1. The van der Waals surface area contributed by atoms with Crippen molar-refractivity contribution in [3.05, 3.63) is 70.2 Å². The van der Waals surface area contributed by atoms with Crippen LogP contribution in [0.5, 0.6) is 5.88 Å². The van der Waals surface area contributed by atoms with Gasteiger partial charge in [-0.15, -0.1) is 0 Å². The molecule has 38 heavy (non-hydrogen) atoms. The van der Waals surface area contributed by atoms with E-state index in [1.54, 1.807) is 30.1 Å². The van der Waals surface area contributed by atoms with E-state index in [4.69, 9.17) is 10.5 Å². The van der Waals surface area contributed by atoms with Gasteiger partial charge in [0.15, 0.2) is 0 Å². The van der Waals surface area contributed by atoms with Gasteiger partial charge in [0.2, 0.25) is 11.0 Å². The first-order chi connectivity index (χ1) is 18.1. The lowest BCUT2D eigenvalue weighted by Gasteiger charge is -2.22. The Morgan fingerprint density at radius 2 is 1.82 bits per heavy atom. The number of hydrogen-bond donors (Lipinski definition) is 1. The van der Waals surface area contributed by atoms with Gasteiger partial charge in [-0.25, -0.2) is 14.4 Å². The molecule has 2 unspecified atom stereocenters. The molecular weight excluding hydrogens is 510 g/mol. The Bertz CT molecular complexity index is 1520. The molecule has 3 aromatic heterocycles. The van der Waals surface area contributed by atoms with E-state index < -0.39 is 10.7 Å². The minimum Gasteiger partial charge on any atom is -0.474 e. The van der Waals surface area contributed by atoms with Crippen molar-refractivity contribution in [2.75, 3.05) is 13.1 Å². The molecule has 2 atom stereocenters. The van der Waals surface area contributed by atoms with Gasteiger partial charge in [0.25, 0.3) is 5.91 Å². The number of aromatic nitrogens is 4. The fourth-order valence-corrected chi connectivity index (χ4v) is 5.52. The monoisotopic (exact) mass is 536 g/mol. The fourth-order valence-electron chi connectivity index (χ4n) is 5.00. The standard InChI is InChI=1S/C27H26F2N6O2S/c1-27(2,30)15-8-19(14-4-6-16(28)7-5-14)32-22(9-15)37-24-17-11-35(12-18(17)24)26(36)21-10-20(33-34(21)3)23-25(29)38-13-31-23/h4-10,13,17-18,24H,11-12,30H2,1-3H3. The second kappa shape index (κ2) is 8.95. The van der Waals surface area contributed by atoms with Crippen molar-refractivity contribution in [3.8, 4) is 28.5 Å². The summed E-state index contributed by atoms with van der Waals surface area (Å²) in [5, 5.41) is 3.85. The number of carbonyl (C=O) groups is 1. The van der Waals surface area contributed by atoms with E-state index in [-0.39, 0.29) is 35.4 Å². The minimum absolute atomic E-state index is 0.0602. The average molecular weight is 537 g/mol. The third-order valence-corrected chi connectivity index (χ3v) is 7.82. The van der Waals surface area contributed by atoms with Crippen molar-refractivity contribution in [2.24, 2.45) is 24.6 Å². The third kappa shape index (κ3) is 4.45. The van der Waals surface area contributed by atoms with E-state index >= 15 is 0 Å². The minimum atomic E-state index is -0.623. The lowest BCUT2D eigenvalue weighted by molar-refractivity contribution is 0.0740. The lowest BCUT2D eigenvalue weighted by Crippen LogP contribution is -2.34. The summed E-state index contributed by atoms with van der Waals surface area (Å²) in [5.41, 5.74) is 10.3. The Labute approximate surface area is 222 Å². The van der Waals surface area contributed by atoms with Crippen LogP contribution >= 0.6 is 11.3 Å². The molecule has 2 aliphatic rings. The number of carbonyl (C=O) groups excluding carboxylic acids is 1. The fraction of sp³-hybridized carbons (Fsp3) is 0.333. The number of rotatable bonds is 6. The zero-order valence-corrected chi connectivity index (χ0v) is 21.9. The number of aryl methyl sites for hydroxylation is 1. The van der Waals surface area contributed by atoms with Crippen LogP contribution in [0.3, 0.4) is 0 Å². The number of thiazole rings is 1. The van der Waals surface area contributed by atoms with Gasteiger partial charge in [-0.3, -0.25) is 9.48 Å². The molecule has 11 heteroatoms. The molecule has 1 saturated heterocycles. The Hall–Kier alpha value is -3.70. The van der Waals surface area contributed by atoms with E-state index in [2.05, 4.69) is 15.1 Å². The number of ether oxygens (including phenoxy) is 1. The second-order valence-corrected chi connectivity index (χ2v) is 11.2. The summed E-state index contributed by atoms with van der Waals surface area (Å²) in [4.78, 5) is 23.7. The van der Waals surface area contributed by atoms with Gasteiger partial charge in [-0.1, -0.05) is 11.3 Å². The normalized spacial score (nSPS) is 20.5. The molecule has 6 rings (SSSR count). The average Bonchev–Trinajstić information content (AvgIpc) is 3.30. The number of halogens is 2. The van der Waals surface area contributed by atoms with E-state index in [9.17, 15) is 13.6 Å². The van der Waals surface area contributed by atoms with Gasteiger partial charge in [0.05, 0.1) is 11.2 Å². The van der Waals surface area contributed by atoms with Crippen LogP contribution < -0.4 is 10.5 Å². The number of benzene rings is 1. The highest BCUT2D eigenvalue weighted by Gasteiger charge is 2.59. The number of hydrogen-bond acceptors (Lipinski definition) is 7. The van der Waals surface area contributed by atoms with Gasteiger partial charge in [-0.05, 0) is 55.8 Å². The predicted molar refractivity (Wildman–Crippen MR) is 138 cm³/mol. The lowest BCUT2D eigenvalue weighted by atomic mass is 9.95. The Kier molecular flexibility index (Phi) is 5.80. The van der Waals surface area contributed by atoms with Crippen LogP contribution in [0.1, 0.15) is 29.9 Å². The molecular formula is C27H26F2N6O2S. The number of pyridine rings is 1. The molecule has 1 amide bonds. The van der Waals surface area contributed by atoms with Gasteiger partial charge in [0.1, 0.15) is 29.0 Å². The van der Waals surface area contributed by atoms with Crippen LogP contribution in [0.15, 0.2) is 48.0 Å². The van der Waals surface area contributed by atoms with Crippen LogP contribution in [-0.2, 0) is 12.6 Å². The first-order valence-electron chi connectivity index (χ1n) is 12.2. The van der Waals surface area contributed by atoms with Gasteiger partial charge >= 0.3 is 0 Å². The van der Waals surface area contributed by atoms with Crippen LogP contribution in [0.4, 0.5) is 8.78 Å². The smallest absolute Gasteiger partial charge is 0.272 e. The molecule has 2 N–H and O–H groups in total. The number of piperidine rings is 1. The molecule has 1 saturated carbocycles. The maximum atomic E-state index is 14.0. The van der Waals surface area contributed by atoms with Gasteiger partial charge < -0.3 is 15.4 Å². The molecule has 0 radical (unpaired) electrons. The molecule has 0 bridgehead atoms. The first-order valence-corrected chi connectivity index (χ1v) is 13.1. The van der Waals surface area contributed by atoms with E-state index in [1.807, 2.05) is 26.0 Å². The third-order valence-electron chi connectivity index (χ3n) is 7.21. The number of likely N-dealkylation sites (tertiary alicyclic amines) is 1. The summed E-state index contributed by atoms with van der Waals surface area (Å²) in [6, 6.07) is 11.5. The quantitative estimate of drug-likeness (QED) is 0.396. The maximum absolute atomic E-state index is 14.0. The van der Waals surface area contributed by atoms with Crippen LogP contribution in [0.2, 0.25) is 0 Å².